The molecule has 0 aliphatic carbocycles. The first-order valence-corrected chi connectivity index (χ1v) is 13.2. The number of likely N-dealkylation sites (tertiary alicyclic amines) is 1. The van der Waals surface area contributed by atoms with Crippen LogP contribution >= 0.6 is 11.8 Å². The summed E-state index contributed by atoms with van der Waals surface area (Å²) in [6.45, 7) is 3.66. The third-order valence-corrected chi connectivity index (χ3v) is 7.42. The maximum Gasteiger partial charge on any atom is 0.262 e. The molecule has 9 nitrogen and oxygen atoms in total. The van der Waals surface area contributed by atoms with Gasteiger partial charge in [-0.15, -0.1) is 0 Å². The lowest BCUT2D eigenvalue weighted by Crippen LogP contribution is -2.34. The number of carbonyl (C=O) groups excluding carboxylic acids is 4. The largest absolute Gasteiger partial charge is 0.351 e. The van der Waals surface area contributed by atoms with Gasteiger partial charge in [-0.1, -0.05) is 29.5 Å². The van der Waals surface area contributed by atoms with E-state index in [0.29, 0.717) is 16.9 Å². The Morgan fingerprint density at radius 2 is 1.54 bits per heavy atom. The van der Waals surface area contributed by atoms with E-state index in [4.69, 9.17) is 0 Å². The number of piperidine rings is 1. The van der Waals surface area contributed by atoms with Crippen LogP contribution in [0.15, 0.2) is 53.5 Å². The Labute approximate surface area is 220 Å². The highest BCUT2D eigenvalue weighted by molar-refractivity contribution is 8.15. The number of amidine groups is 1. The Bertz CT molecular complexity index is 1190. The molecule has 10 heteroatoms. The first kappa shape index (κ1) is 26.4. The molecule has 1 atom stereocenters. The van der Waals surface area contributed by atoms with Gasteiger partial charge in [-0.25, -0.2) is 0 Å². The van der Waals surface area contributed by atoms with Crippen LogP contribution in [0.25, 0.3) is 0 Å². The van der Waals surface area contributed by atoms with Gasteiger partial charge in [0.2, 0.25) is 11.8 Å². The summed E-state index contributed by atoms with van der Waals surface area (Å²) in [5.74, 6) is -1.16. The van der Waals surface area contributed by atoms with Crippen molar-refractivity contribution in [1.29, 1.82) is 0 Å². The molecule has 1 fully saturated rings. The third kappa shape index (κ3) is 7.19. The Hall–Kier alpha value is -3.66. The zero-order chi connectivity index (χ0) is 26.4. The number of hydrogen-bond acceptors (Lipinski definition) is 6. The third-order valence-electron chi connectivity index (χ3n) is 6.20. The van der Waals surface area contributed by atoms with Gasteiger partial charge in [0.05, 0.1) is 6.54 Å². The molecule has 0 radical (unpaired) electrons. The number of benzene rings is 2. The van der Waals surface area contributed by atoms with E-state index < -0.39 is 5.25 Å². The number of rotatable bonds is 7. The molecule has 0 saturated carbocycles. The molecule has 2 aliphatic rings. The van der Waals surface area contributed by atoms with Crippen LogP contribution < -0.4 is 10.6 Å². The van der Waals surface area contributed by atoms with Crippen LogP contribution in [-0.4, -0.2) is 70.5 Å². The van der Waals surface area contributed by atoms with Gasteiger partial charge in [0.25, 0.3) is 11.8 Å². The van der Waals surface area contributed by atoms with E-state index in [-0.39, 0.29) is 36.6 Å². The van der Waals surface area contributed by atoms with Gasteiger partial charge < -0.3 is 20.4 Å². The van der Waals surface area contributed by atoms with Crippen molar-refractivity contribution in [3.63, 3.8) is 0 Å². The van der Waals surface area contributed by atoms with Crippen molar-refractivity contribution in [2.45, 2.75) is 37.9 Å². The van der Waals surface area contributed by atoms with E-state index in [1.165, 1.54) is 23.1 Å². The average molecular weight is 522 g/mol. The second kappa shape index (κ2) is 12.1. The lowest BCUT2D eigenvalue weighted by molar-refractivity contribution is -0.121. The van der Waals surface area contributed by atoms with Crippen molar-refractivity contribution in [2.24, 2.45) is 4.99 Å². The maximum absolute atomic E-state index is 12.7. The van der Waals surface area contributed by atoms with Crippen molar-refractivity contribution >= 4 is 51.9 Å². The molecule has 4 amide bonds. The van der Waals surface area contributed by atoms with Gasteiger partial charge in [-0.05, 0) is 62.6 Å². The predicted molar refractivity (Wildman–Crippen MR) is 146 cm³/mol. The summed E-state index contributed by atoms with van der Waals surface area (Å²) in [7, 11) is 1.56. The lowest BCUT2D eigenvalue weighted by Gasteiger charge is -2.27. The minimum absolute atomic E-state index is 0.0316. The molecular formula is C27H31N5O4S. The number of amides is 4. The molecule has 4 rings (SSSR count). The van der Waals surface area contributed by atoms with E-state index in [9.17, 15) is 19.2 Å². The number of nitrogens with one attached hydrogen (secondary N) is 2. The second-order valence-corrected chi connectivity index (χ2v) is 10.5. The van der Waals surface area contributed by atoms with Crippen molar-refractivity contribution in [1.82, 2.24) is 9.80 Å². The van der Waals surface area contributed by atoms with Crippen molar-refractivity contribution in [2.75, 3.05) is 37.3 Å². The summed E-state index contributed by atoms with van der Waals surface area (Å²) in [5, 5.41) is 5.77. The summed E-state index contributed by atoms with van der Waals surface area (Å²) in [6, 6.07) is 13.9. The molecule has 0 bridgehead atoms. The van der Waals surface area contributed by atoms with Gasteiger partial charge in [0, 0.05) is 43.5 Å². The molecule has 1 saturated heterocycles. The smallest absolute Gasteiger partial charge is 0.262 e. The van der Waals surface area contributed by atoms with E-state index in [2.05, 4.69) is 20.5 Å². The summed E-state index contributed by atoms with van der Waals surface area (Å²) in [5.41, 5.74) is 2.68. The monoisotopic (exact) mass is 521 g/mol. The van der Waals surface area contributed by atoms with Crippen LogP contribution in [0.4, 0.5) is 11.4 Å². The van der Waals surface area contributed by atoms with Gasteiger partial charge >= 0.3 is 0 Å². The molecule has 37 heavy (non-hydrogen) atoms. The zero-order valence-corrected chi connectivity index (χ0v) is 21.8. The molecule has 2 heterocycles. The zero-order valence-electron chi connectivity index (χ0n) is 21.0. The number of anilines is 2. The molecule has 2 aromatic rings. The Morgan fingerprint density at radius 1 is 0.946 bits per heavy atom. The SMILES string of the molecule is Cc1ccc(NC(=O)CN(C)C(=O)c2ccc(NC(=O)C[C@@H]3SC(N4CCCCC4)=NC3=O)cc2)cc1. The topological polar surface area (TPSA) is 111 Å². The fourth-order valence-corrected chi connectivity index (χ4v) is 5.27. The fourth-order valence-electron chi connectivity index (χ4n) is 4.15. The number of hydrogen-bond donors (Lipinski definition) is 2. The van der Waals surface area contributed by atoms with Crippen LogP contribution in [0.3, 0.4) is 0 Å². The normalized spacial score (nSPS) is 17.2. The first-order valence-electron chi connectivity index (χ1n) is 12.3. The molecular weight excluding hydrogens is 490 g/mol. The molecule has 2 N–H and O–H groups in total. The molecule has 0 aromatic heterocycles. The standard InChI is InChI=1S/C27H31N5O4S/c1-18-6-10-20(11-7-18)29-24(34)17-31(2)26(36)19-8-12-21(13-9-19)28-23(33)16-22-25(35)30-27(37-22)32-14-4-3-5-15-32/h6-13,22H,3-5,14-17H2,1-2H3,(H,28,33)(H,29,34)/t22-/m0/s1. The Balaban J connectivity index is 1.24. The van der Waals surface area contributed by atoms with Gasteiger partial charge in [0.15, 0.2) is 5.17 Å². The highest BCUT2D eigenvalue weighted by Crippen LogP contribution is 2.29. The van der Waals surface area contributed by atoms with Crippen LogP contribution in [0.1, 0.15) is 41.6 Å². The first-order chi connectivity index (χ1) is 17.8. The summed E-state index contributed by atoms with van der Waals surface area (Å²) in [4.78, 5) is 57.5. The van der Waals surface area contributed by atoms with Crippen LogP contribution in [-0.2, 0) is 14.4 Å². The van der Waals surface area contributed by atoms with Crippen molar-refractivity contribution in [3.8, 4) is 0 Å². The molecule has 2 aliphatic heterocycles. The number of aliphatic imine (C=N–C) groups is 1. The molecule has 0 spiro atoms. The van der Waals surface area contributed by atoms with E-state index in [1.54, 1.807) is 31.3 Å². The van der Waals surface area contributed by atoms with E-state index >= 15 is 0 Å². The number of nitrogens with zero attached hydrogens (tertiary/aromatic N) is 3. The minimum atomic E-state index is -0.516. The Morgan fingerprint density at radius 3 is 2.19 bits per heavy atom. The quantitative estimate of drug-likeness (QED) is 0.577. The highest BCUT2D eigenvalue weighted by atomic mass is 32.2. The minimum Gasteiger partial charge on any atom is -0.351 e. The van der Waals surface area contributed by atoms with Crippen LogP contribution in [0.2, 0.25) is 0 Å². The Kier molecular flexibility index (Phi) is 8.60. The fraction of sp³-hybridized carbons (Fsp3) is 0.370. The summed E-state index contributed by atoms with van der Waals surface area (Å²) >= 11 is 1.36. The molecule has 194 valence electrons. The van der Waals surface area contributed by atoms with E-state index in [0.717, 1.165) is 36.7 Å². The van der Waals surface area contributed by atoms with Crippen molar-refractivity contribution in [3.05, 3.63) is 59.7 Å². The van der Waals surface area contributed by atoms with Crippen LogP contribution in [0, 0.1) is 6.92 Å². The van der Waals surface area contributed by atoms with E-state index in [1.807, 2.05) is 31.2 Å². The average Bonchev–Trinajstić information content (AvgIpc) is 3.25. The maximum atomic E-state index is 12.7. The predicted octanol–water partition coefficient (Wildman–Crippen LogP) is 3.52. The molecule has 0 unspecified atom stereocenters. The van der Waals surface area contributed by atoms with Crippen molar-refractivity contribution < 1.29 is 19.2 Å². The van der Waals surface area contributed by atoms with Gasteiger partial charge in [0.1, 0.15) is 5.25 Å². The number of aryl methyl sites for hydroxylation is 1. The number of thioether (sulfide) groups is 1. The number of carbonyl (C=O) groups is 4. The highest BCUT2D eigenvalue weighted by Gasteiger charge is 2.33. The van der Waals surface area contributed by atoms with Gasteiger partial charge in [-0.2, -0.15) is 4.99 Å². The second-order valence-electron chi connectivity index (χ2n) is 9.29. The van der Waals surface area contributed by atoms with Crippen LogP contribution in [0.5, 0.6) is 0 Å². The summed E-state index contributed by atoms with van der Waals surface area (Å²) < 4.78 is 0. The lowest BCUT2D eigenvalue weighted by atomic mass is 10.1. The summed E-state index contributed by atoms with van der Waals surface area (Å²) in [6.07, 6.45) is 3.41. The number of likely N-dealkylation sites (N-methyl/N-ethyl adjacent to an activating group) is 1. The molecule has 2 aromatic carbocycles. The van der Waals surface area contributed by atoms with Gasteiger partial charge in [-0.3, -0.25) is 19.2 Å².